The maximum atomic E-state index is 11.3. The van der Waals surface area contributed by atoms with Gasteiger partial charge >= 0.3 is 5.97 Å². The molecule has 0 aliphatic carbocycles. The first-order chi connectivity index (χ1) is 9.95. The predicted molar refractivity (Wildman–Crippen MR) is 85.5 cm³/mol. The molecule has 0 radical (unpaired) electrons. The van der Waals surface area contributed by atoms with Gasteiger partial charge in [-0.1, -0.05) is 20.4 Å². The lowest BCUT2D eigenvalue weighted by Gasteiger charge is -2.26. The van der Waals surface area contributed by atoms with Crippen LogP contribution in [0.2, 0.25) is 0 Å². The predicted octanol–water partition coefficient (Wildman–Crippen LogP) is 3.45. The van der Waals surface area contributed by atoms with Gasteiger partial charge in [0.05, 0.1) is 0 Å². The van der Waals surface area contributed by atoms with Gasteiger partial charge in [0.15, 0.2) is 0 Å². The van der Waals surface area contributed by atoms with Crippen molar-refractivity contribution in [1.29, 1.82) is 0 Å². The molecule has 21 heavy (non-hydrogen) atoms. The molecule has 0 heterocycles. The first-order valence-corrected chi connectivity index (χ1v) is 7.43. The molecule has 114 valence electrons. The molecule has 1 N–H and O–H groups in total. The summed E-state index contributed by atoms with van der Waals surface area (Å²) in [5.74, 6) is -0.0170. The molecule has 0 aliphatic rings. The van der Waals surface area contributed by atoms with Gasteiger partial charge in [-0.25, -0.2) is 4.31 Å². The van der Waals surface area contributed by atoms with E-state index in [2.05, 4.69) is 12.3 Å². The van der Waals surface area contributed by atoms with Crippen LogP contribution in [0.4, 0.5) is 0 Å². The molecule has 1 atom stereocenters. The van der Waals surface area contributed by atoms with Crippen LogP contribution in [0.3, 0.4) is 0 Å². The summed E-state index contributed by atoms with van der Waals surface area (Å²) < 4.78 is 7.22. The van der Waals surface area contributed by atoms with E-state index in [1.54, 1.807) is 17.4 Å². The van der Waals surface area contributed by atoms with Crippen molar-refractivity contribution in [3.63, 3.8) is 0 Å². The third kappa shape index (κ3) is 5.68. The van der Waals surface area contributed by atoms with Gasteiger partial charge < -0.3 is 9.84 Å². The van der Waals surface area contributed by atoms with Crippen LogP contribution in [0.1, 0.15) is 13.8 Å². The van der Waals surface area contributed by atoms with E-state index in [9.17, 15) is 9.90 Å². The monoisotopic (exact) mass is 307 g/mol. The molecule has 4 nitrogen and oxygen atoms in total. The molecule has 0 aromatic heterocycles. The van der Waals surface area contributed by atoms with Crippen LogP contribution in [-0.4, -0.2) is 35.1 Å². The fraction of sp³-hybridized carbons (Fsp3) is 0.375. The van der Waals surface area contributed by atoms with Gasteiger partial charge in [-0.05, 0) is 55.3 Å². The summed E-state index contributed by atoms with van der Waals surface area (Å²) in [4.78, 5) is 12.3. The van der Waals surface area contributed by atoms with Crippen molar-refractivity contribution in [3.8, 4) is 5.75 Å². The summed E-state index contributed by atoms with van der Waals surface area (Å²) in [5, 5.41) is 9.27. The zero-order valence-electron chi connectivity index (χ0n) is 12.6. The minimum Gasteiger partial charge on any atom is -0.489 e. The Kier molecular flexibility index (Phi) is 7.09. The topological polar surface area (TPSA) is 49.8 Å². The highest BCUT2D eigenvalue weighted by atomic mass is 32.2. The number of likely N-dealkylation sites (N-methyl/N-ethyl adjacent to an activating group) is 1. The van der Waals surface area contributed by atoms with Gasteiger partial charge in [0.25, 0.3) is 0 Å². The van der Waals surface area contributed by atoms with Gasteiger partial charge in [-0.3, -0.25) is 4.79 Å². The summed E-state index contributed by atoms with van der Waals surface area (Å²) in [6.07, 6.45) is 1.70. The maximum Gasteiger partial charge on any atom is 0.322 e. The fourth-order valence-corrected chi connectivity index (χ4v) is 2.91. The Hall–Kier alpha value is -1.68. The maximum absolute atomic E-state index is 11.3. The fourth-order valence-electron chi connectivity index (χ4n) is 1.88. The Morgan fingerprint density at radius 1 is 1.48 bits per heavy atom. The quantitative estimate of drug-likeness (QED) is 0.589. The normalized spacial score (nSPS) is 12.0. The average molecular weight is 307 g/mol. The summed E-state index contributed by atoms with van der Waals surface area (Å²) in [5.41, 5.74) is 2.64. The molecular weight excluding hydrogens is 286 g/mol. The van der Waals surface area contributed by atoms with E-state index >= 15 is 0 Å². The van der Waals surface area contributed by atoms with Crippen LogP contribution in [-0.2, 0) is 4.79 Å². The number of carboxylic acid groups (broad SMARTS) is 1. The molecule has 1 aromatic rings. The third-order valence-corrected chi connectivity index (χ3v) is 3.83. The number of benzene rings is 1. The first kappa shape index (κ1) is 17.4. The zero-order valence-corrected chi connectivity index (χ0v) is 13.4. The van der Waals surface area contributed by atoms with Crippen LogP contribution in [0, 0.1) is 5.92 Å². The Balaban J connectivity index is 2.66. The van der Waals surface area contributed by atoms with Crippen LogP contribution in [0.25, 0.3) is 0 Å². The molecule has 1 unspecified atom stereocenters. The third-order valence-electron chi connectivity index (χ3n) is 2.83. The lowest BCUT2D eigenvalue weighted by atomic mass is 10.1. The number of nitrogens with zero attached hydrogens (tertiary/aromatic N) is 1. The summed E-state index contributed by atoms with van der Waals surface area (Å²) >= 11 is 1.41. The van der Waals surface area contributed by atoms with E-state index in [0.29, 0.717) is 6.61 Å². The summed E-state index contributed by atoms with van der Waals surface area (Å²) in [6, 6.07) is 7.01. The van der Waals surface area contributed by atoms with Crippen LogP contribution in [0.5, 0.6) is 5.75 Å². The van der Waals surface area contributed by atoms with Crippen LogP contribution >= 0.6 is 11.9 Å². The Morgan fingerprint density at radius 2 is 2.10 bits per heavy atom. The highest BCUT2D eigenvalue weighted by molar-refractivity contribution is 7.97. The van der Waals surface area contributed by atoms with Crippen molar-refractivity contribution in [2.45, 2.75) is 24.8 Å². The van der Waals surface area contributed by atoms with Gasteiger partial charge in [0, 0.05) is 4.90 Å². The molecule has 5 heteroatoms. The average Bonchev–Trinajstić information content (AvgIpc) is 2.40. The SMILES string of the molecule is C=C=CCOc1ccc(SN(C)C(C(=O)O)C(C)C)cc1. The van der Waals surface area contributed by atoms with Gasteiger partial charge in [-0.15, -0.1) is 5.73 Å². The Labute approximate surface area is 130 Å². The molecular formula is C16H21NO3S. The van der Waals surface area contributed by atoms with Crippen LogP contribution in [0.15, 0.2) is 47.5 Å². The van der Waals surface area contributed by atoms with Crippen LogP contribution < -0.4 is 4.74 Å². The molecule has 0 amide bonds. The highest BCUT2D eigenvalue weighted by Crippen LogP contribution is 2.27. The lowest BCUT2D eigenvalue weighted by molar-refractivity contribution is -0.142. The molecule has 0 spiro atoms. The van der Waals surface area contributed by atoms with E-state index in [1.807, 2.05) is 38.1 Å². The number of aliphatic carboxylic acids is 1. The summed E-state index contributed by atoms with van der Waals surface area (Å²) in [6.45, 7) is 7.71. The standard InChI is InChI=1S/C16H21NO3S/c1-5-6-11-20-13-7-9-14(10-8-13)21-17(4)15(12(2)3)16(18)19/h6-10,12,15H,1,11H2,2-4H3,(H,18,19). The van der Waals surface area contributed by atoms with E-state index in [1.165, 1.54) is 11.9 Å². The number of carbonyl (C=O) groups is 1. The van der Waals surface area contributed by atoms with E-state index in [0.717, 1.165) is 10.6 Å². The van der Waals surface area contributed by atoms with Gasteiger partial charge in [-0.2, -0.15) is 0 Å². The summed E-state index contributed by atoms with van der Waals surface area (Å²) in [7, 11) is 1.79. The van der Waals surface area contributed by atoms with E-state index in [-0.39, 0.29) is 5.92 Å². The molecule has 0 saturated carbocycles. The number of hydrogen-bond donors (Lipinski definition) is 1. The largest absolute Gasteiger partial charge is 0.489 e. The second kappa shape index (κ2) is 8.57. The van der Waals surface area contributed by atoms with Crippen molar-refractivity contribution in [1.82, 2.24) is 4.31 Å². The molecule has 0 aliphatic heterocycles. The van der Waals surface area contributed by atoms with Crippen molar-refractivity contribution >= 4 is 17.9 Å². The highest BCUT2D eigenvalue weighted by Gasteiger charge is 2.26. The minimum absolute atomic E-state index is 0.0355. The first-order valence-electron chi connectivity index (χ1n) is 6.66. The molecule has 0 fully saturated rings. The van der Waals surface area contributed by atoms with E-state index in [4.69, 9.17) is 4.74 Å². The van der Waals surface area contributed by atoms with Crippen molar-refractivity contribution < 1.29 is 14.6 Å². The number of hydrogen-bond acceptors (Lipinski definition) is 4. The smallest absolute Gasteiger partial charge is 0.322 e. The van der Waals surface area contributed by atoms with Gasteiger partial charge in [0.2, 0.25) is 0 Å². The second-order valence-corrected chi connectivity index (χ2v) is 6.09. The van der Waals surface area contributed by atoms with Crippen molar-refractivity contribution in [2.24, 2.45) is 5.92 Å². The van der Waals surface area contributed by atoms with Gasteiger partial charge in [0.1, 0.15) is 18.4 Å². The molecule has 1 rings (SSSR count). The Morgan fingerprint density at radius 3 is 2.57 bits per heavy atom. The van der Waals surface area contributed by atoms with E-state index < -0.39 is 12.0 Å². The Bertz CT molecular complexity index is 507. The molecule has 1 aromatic carbocycles. The van der Waals surface area contributed by atoms with Crippen molar-refractivity contribution in [2.75, 3.05) is 13.7 Å². The molecule has 0 saturated heterocycles. The molecule has 0 bridgehead atoms. The zero-order chi connectivity index (χ0) is 15.8. The lowest BCUT2D eigenvalue weighted by Crippen LogP contribution is -2.38. The number of carboxylic acids is 1. The number of rotatable bonds is 8. The van der Waals surface area contributed by atoms with Crippen molar-refractivity contribution in [3.05, 3.63) is 42.7 Å². The second-order valence-electron chi connectivity index (χ2n) is 4.86. The minimum atomic E-state index is -0.809. The number of ether oxygens (including phenoxy) is 1.